The van der Waals surface area contributed by atoms with Crippen molar-refractivity contribution in [3.63, 3.8) is 0 Å². The number of rotatable bonds is 5. The highest BCUT2D eigenvalue weighted by Gasteiger charge is 2.17. The van der Waals surface area contributed by atoms with Crippen molar-refractivity contribution in [1.82, 2.24) is 9.71 Å². The molecule has 5 nitrogen and oxygen atoms in total. The van der Waals surface area contributed by atoms with E-state index in [2.05, 4.69) is 30.5 Å². The van der Waals surface area contributed by atoms with Crippen molar-refractivity contribution in [1.29, 1.82) is 0 Å². The first-order chi connectivity index (χ1) is 12.3. The average molecular weight is 370 g/mol. The average Bonchev–Trinajstić information content (AvgIpc) is 3.14. The lowest BCUT2D eigenvalue weighted by atomic mass is 9.87. The maximum Gasteiger partial charge on any atom is 0.240 e. The minimum absolute atomic E-state index is 0.0188. The van der Waals surface area contributed by atoms with Crippen LogP contribution in [0.3, 0.4) is 0 Å². The zero-order valence-corrected chi connectivity index (χ0v) is 15.9. The second kappa shape index (κ2) is 7.05. The van der Waals surface area contributed by atoms with Gasteiger partial charge in [-0.2, -0.15) is 0 Å². The van der Waals surface area contributed by atoms with Gasteiger partial charge in [-0.3, -0.25) is 4.98 Å². The van der Waals surface area contributed by atoms with Crippen molar-refractivity contribution in [2.24, 2.45) is 0 Å². The molecule has 0 atom stereocenters. The fourth-order valence-corrected chi connectivity index (χ4v) is 3.56. The summed E-state index contributed by atoms with van der Waals surface area (Å²) in [5, 5.41) is 0. The van der Waals surface area contributed by atoms with Crippen LogP contribution in [0.15, 0.2) is 70.3 Å². The molecule has 0 spiro atoms. The minimum atomic E-state index is -3.58. The van der Waals surface area contributed by atoms with Gasteiger partial charge < -0.3 is 4.42 Å². The maximum absolute atomic E-state index is 12.5. The Hall–Kier alpha value is -2.44. The number of sulfonamides is 1. The second-order valence-corrected chi connectivity index (χ2v) is 8.89. The van der Waals surface area contributed by atoms with Crippen molar-refractivity contribution < 1.29 is 12.8 Å². The molecule has 0 aliphatic carbocycles. The van der Waals surface area contributed by atoms with Gasteiger partial charge in [0.1, 0.15) is 5.69 Å². The van der Waals surface area contributed by atoms with E-state index in [-0.39, 0.29) is 16.9 Å². The van der Waals surface area contributed by atoms with E-state index in [1.54, 1.807) is 36.7 Å². The molecule has 0 saturated carbocycles. The summed E-state index contributed by atoms with van der Waals surface area (Å²) in [6, 6.07) is 14.2. The van der Waals surface area contributed by atoms with Gasteiger partial charge in [0.25, 0.3) is 0 Å². The zero-order chi connectivity index (χ0) is 18.8. The molecule has 0 radical (unpaired) electrons. The third kappa shape index (κ3) is 4.20. The summed E-state index contributed by atoms with van der Waals surface area (Å²) >= 11 is 0. The SMILES string of the molecule is CC(C)(C)c1ccc(S(=O)(=O)NCc2ccnc(-c3ccco3)c2)cc1. The number of pyridine rings is 1. The lowest BCUT2D eigenvalue weighted by Gasteiger charge is -2.19. The van der Waals surface area contributed by atoms with Crippen LogP contribution >= 0.6 is 0 Å². The predicted molar refractivity (Wildman–Crippen MR) is 101 cm³/mol. The molecule has 1 aromatic carbocycles. The van der Waals surface area contributed by atoms with Crippen LogP contribution in [0.2, 0.25) is 0 Å². The molecule has 0 amide bonds. The summed E-state index contributed by atoms with van der Waals surface area (Å²) in [7, 11) is -3.58. The molecule has 3 rings (SSSR count). The van der Waals surface area contributed by atoms with E-state index in [0.717, 1.165) is 11.1 Å². The Morgan fingerprint density at radius 3 is 2.42 bits per heavy atom. The number of nitrogens with zero attached hydrogens (tertiary/aromatic N) is 1. The molecule has 0 fully saturated rings. The molecule has 3 aromatic rings. The Morgan fingerprint density at radius 2 is 1.81 bits per heavy atom. The fourth-order valence-electron chi connectivity index (χ4n) is 2.54. The van der Waals surface area contributed by atoms with Crippen LogP contribution in [0.4, 0.5) is 0 Å². The van der Waals surface area contributed by atoms with Gasteiger partial charge in [0.2, 0.25) is 10.0 Å². The van der Waals surface area contributed by atoms with Crippen LogP contribution in [-0.2, 0) is 22.0 Å². The van der Waals surface area contributed by atoms with Crippen LogP contribution < -0.4 is 4.72 Å². The zero-order valence-electron chi connectivity index (χ0n) is 15.1. The van der Waals surface area contributed by atoms with E-state index in [1.165, 1.54) is 0 Å². The predicted octanol–water partition coefficient (Wildman–Crippen LogP) is 4.12. The summed E-state index contributed by atoms with van der Waals surface area (Å²) in [5.74, 6) is 0.646. The smallest absolute Gasteiger partial charge is 0.240 e. The summed E-state index contributed by atoms with van der Waals surface area (Å²) < 4.78 is 33.0. The Morgan fingerprint density at radius 1 is 1.08 bits per heavy atom. The molecule has 0 unspecified atom stereocenters. The van der Waals surface area contributed by atoms with E-state index < -0.39 is 10.0 Å². The molecule has 136 valence electrons. The lowest BCUT2D eigenvalue weighted by Crippen LogP contribution is -2.23. The molecule has 26 heavy (non-hydrogen) atoms. The van der Waals surface area contributed by atoms with Gasteiger partial charge in [-0.05, 0) is 52.9 Å². The van der Waals surface area contributed by atoms with Crippen LogP contribution in [0.25, 0.3) is 11.5 Å². The first-order valence-corrected chi connectivity index (χ1v) is 9.83. The van der Waals surface area contributed by atoms with Gasteiger partial charge in [-0.1, -0.05) is 32.9 Å². The Kier molecular flexibility index (Phi) is 4.98. The maximum atomic E-state index is 12.5. The lowest BCUT2D eigenvalue weighted by molar-refractivity contribution is 0.577. The summed E-state index contributed by atoms with van der Waals surface area (Å²) in [4.78, 5) is 4.50. The number of benzene rings is 1. The standard InChI is InChI=1S/C20H22N2O3S/c1-20(2,3)16-6-8-17(9-7-16)26(23,24)22-14-15-10-11-21-18(13-15)19-5-4-12-25-19/h4-13,22H,14H2,1-3H3. The third-order valence-corrected chi connectivity index (χ3v) is 5.51. The van der Waals surface area contributed by atoms with E-state index in [9.17, 15) is 8.42 Å². The van der Waals surface area contributed by atoms with Crippen LogP contribution in [0.1, 0.15) is 31.9 Å². The van der Waals surface area contributed by atoms with Crippen molar-refractivity contribution in [3.8, 4) is 11.5 Å². The second-order valence-electron chi connectivity index (χ2n) is 7.13. The van der Waals surface area contributed by atoms with Crippen LogP contribution in [-0.4, -0.2) is 13.4 Å². The largest absolute Gasteiger partial charge is 0.463 e. The van der Waals surface area contributed by atoms with Gasteiger partial charge in [-0.25, -0.2) is 13.1 Å². The summed E-state index contributed by atoms with van der Waals surface area (Å²) in [6.45, 7) is 6.46. The highest BCUT2D eigenvalue weighted by molar-refractivity contribution is 7.89. The van der Waals surface area contributed by atoms with Crippen LogP contribution in [0, 0.1) is 0 Å². The minimum Gasteiger partial charge on any atom is -0.463 e. The topological polar surface area (TPSA) is 72.2 Å². The van der Waals surface area contributed by atoms with Crippen molar-refractivity contribution in [3.05, 3.63) is 72.1 Å². The van der Waals surface area contributed by atoms with Crippen molar-refractivity contribution in [2.75, 3.05) is 0 Å². The first kappa shape index (κ1) is 18.4. The molecule has 6 heteroatoms. The normalized spacial score (nSPS) is 12.3. The first-order valence-electron chi connectivity index (χ1n) is 8.35. The molecular weight excluding hydrogens is 348 g/mol. The summed E-state index contributed by atoms with van der Waals surface area (Å²) in [5.41, 5.74) is 2.55. The van der Waals surface area contributed by atoms with Crippen LogP contribution in [0.5, 0.6) is 0 Å². The van der Waals surface area contributed by atoms with Gasteiger partial charge in [0, 0.05) is 12.7 Å². The van der Waals surface area contributed by atoms with Crippen molar-refractivity contribution in [2.45, 2.75) is 37.6 Å². The molecule has 0 bridgehead atoms. The van der Waals surface area contributed by atoms with E-state index in [0.29, 0.717) is 11.5 Å². The van der Waals surface area contributed by atoms with Gasteiger partial charge in [0.15, 0.2) is 5.76 Å². The highest BCUT2D eigenvalue weighted by Crippen LogP contribution is 2.23. The van der Waals surface area contributed by atoms with Crippen molar-refractivity contribution >= 4 is 10.0 Å². The monoisotopic (exact) mass is 370 g/mol. The molecule has 0 aliphatic rings. The quantitative estimate of drug-likeness (QED) is 0.733. The molecule has 0 aliphatic heterocycles. The molecule has 2 aromatic heterocycles. The molecule has 1 N–H and O–H groups in total. The number of aromatic nitrogens is 1. The Bertz CT molecular complexity index is 971. The Labute approximate surface area is 154 Å². The molecule has 2 heterocycles. The third-order valence-electron chi connectivity index (χ3n) is 4.09. The number of hydrogen-bond acceptors (Lipinski definition) is 4. The van der Waals surface area contributed by atoms with E-state index >= 15 is 0 Å². The number of furan rings is 1. The molecular formula is C20H22N2O3S. The number of hydrogen-bond donors (Lipinski definition) is 1. The van der Waals surface area contributed by atoms with Gasteiger partial charge in [-0.15, -0.1) is 0 Å². The highest BCUT2D eigenvalue weighted by atomic mass is 32.2. The van der Waals surface area contributed by atoms with Gasteiger partial charge >= 0.3 is 0 Å². The van der Waals surface area contributed by atoms with E-state index in [4.69, 9.17) is 4.42 Å². The number of nitrogens with one attached hydrogen (secondary N) is 1. The Balaban J connectivity index is 1.73. The molecule has 0 saturated heterocycles. The van der Waals surface area contributed by atoms with Gasteiger partial charge in [0.05, 0.1) is 11.2 Å². The fraction of sp³-hybridized carbons (Fsp3) is 0.250. The van der Waals surface area contributed by atoms with E-state index in [1.807, 2.05) is 24.3 Å². The summed E-state index contributed by atoms with van der Waals surface area (Å²) in [6.07, 6.45) is 3.22.